The number of halogens is 2. The number of aryl methyl sites for hydroxylation is 1. The molecule has 0 atom stereocenters. The molecule has 4 N–H and O–H groups in total. The second-order valence-electron chi connectivity index (χ2n) is 10.2. The molecule has 13 nitrogen and oxygen atoms in total. The summed E-state index contributed by atoms with van der Waals surface area (Å²) in [6.45, 7) is 3.28. The lowest BCUT2D eigenvalue weighted by Crippen LogP contribution is -2.18. The van der Waals surface area contributed by atoms with Gasteiger partial charge in [0.2, 0.25) is 5.88 Å². The van der Waals surface area contributed by atoms with E-state index in [-0.39, 0.29) is 43.2 Å². The van der Waals surface area contributed by atoms with Crippen molar-refractivity contribution in [3.05, 3.63) is 119 Å². The number of aromatic nitrogens is 1. The lowest BCUT2D eigenvalue weighted by atomic mass is 10.1. The normalized spacial score (nSPS) is 11.9. The number of nitrogens with one attached hydrogen (secondary N) is 4. The number of benzene rings is 4. The van der Waals surface area contributed by atoms with E-state index in [2.05, 4.69) is 24.6 Å². The first-order valence-electron chi connectivity index (χ1n) is 13.6. The molecule has 0 aliphatic carbocycles. The van der Waals surface area contributed by atoms with Crippen molar-refractivity contribution in [2.24, 2.45) is 0 Å². The molecule has 5 rings (SSSR count). The van der Waals surface area contributed by atoms with E-state index < -0.39 is 47.6 Å². The number of sulfonamides is 3. The molecular weight excluding hydrogens is 693 g/mol. The van der Waals surface area contributed by atoms with Crippen LogP contribution in [0.4, 0.5) is 31.7 Å². The summed E-state index contributed by atoms with van der Waals surface area (Å²) >= 11 is 0. The number of nitrogens with zero attached hydrogens (tertiary/aromatic N) is 1. The third kappa shape index (κ3) is 7.79. The molecule has 0 spiro atoms. The largest absolute Gasteiger partial charge is 0.337 e. The average Bonchev–Trinajstić information content (AvgIpc) is 3.33. The number of amides is 1. The van der Waals surface area contributed by atoms with Gasteiger partial charge in [0.1, 0.15) is 11.6 Å². The first-order chi connectivity index (χ1) is 22.5. The maximum absolute atomic E-state index is 13.4. The van der Waals surface area contributed by atoms with Crippen LogP contribution < -0.4 is 19.5 Å². The summed E-state index contributed by atoms with van der Waals surface area (Å²) in [6, 6.07) is 16.2. The summed E-state index contributed by atoms with van der Waals surface area (Å²) < 4.78 is 116. The summed E-state index contributed by atoms with van der Waals surface area (Å²) in [5, 5.41) is 6.24. The lowest BCUT2D eigenvalue weighted by molar-refractivity contribution is 0.102. The van der Waals surface area contributed by atoms with E-state index in [9.17, 15) is 38.8 Å². The molecule has 0 radical (unpaired) electrons. The Labute approximate surface area is 274 Å². The van der Waals surface area contributed by atoms with Gasteiger partial charge in [-0.25, -0.2) is 38.8 Å². The number of carbonyl (C=O) groups excluding carboxylic acids is 1. The highest BCUT2D eigenvalue weighted by molar-refractivity contribution is 7.93. The summed E-state index contributed by atoms with van der Waals surface area (Å²) in [5.74, 6) is -2.23. The Hall–Kier alpha value is -5.33. The minimum absolute atomic E-state index is 0.0503. The van der Waals surface area contributed by atoms with E-state index in [1.165, 1.54) is 24.3 Å². The number of anilines is 4. The van der Waals surface area contributed by atoms with Gasteiger partial charge in [-0.2, -0.15) is 0 Å². The second kappa shape index (κ2) is 13.1. The van der Waals surface area contributed by atoms with Crippen LogP contribution >= 0.6 is 0 Å². The Morgan fingerprint density at radius 3 is 1.44 bits per heavy atom. The quantitative estimate of drug-likeness (QED) is 0.142. The number of hydrogen-bond donors (Lipinski definition) is 4. The Balaban J connectivity index is 1.43. The van der Waals surface area contributed by atoms with E-state index in [1.807, 2.05) is 0 Å². The van der Waals surface area contributed by atoms with Crippen LogP contribution in [-0.4, -0.2) is 36.3 Å². The summed E-state index contributed by atoms with van der Waals surface area (Å²) in [6.07, 6.45) is 0. The molecule has 250 valence electrons. The molecule has 0 saturated heterocycles. The molecular formula is C30H25F2N5O8S3. The highest BCUT2D eigenvalue weighted by Crippen LogP contribution is 2.27. The molecule has 1 amide bonds. The second-order valence-corrected chi connectivity index (χ2v) is 15.3. The van der Waals surface area contributed by atoms with Crippen LogP contribution in [-0.2, 0) is 30.1 Å². The van der Waals surface area contributed by atoms with Gasteiger partial charge in [0.05, 0.1) is 31.8 Å². The van der Waals surface area contributed by atoms with E-state index >= 15 is 0 Å². The maximum Gasteiger partial charge on any atom is 0.264 e. The van der Waals surface area contributed by atoms with Crippen LogP contribution in [0.2, 0.25) is 0 Å². The van der Waals surface area contributed by atoms with Crippen molar-refractivity contribution < 1.29 is 43.4 Å². The Morgan fingerprint density at radius 2 is 1.02 bits per heavy atom. The van der Waals surface area contributed by atoms with Crippen LogP contribution in [0, 0.1) is 25.5 Å². The Kier molecular flexibility index (Phi) is 9.25. The van der Waals surface area contributed by atoms with Crippen molar-refractivity contribution in [3.63, 3.8) is 0 Å². The van der Waals surface area contributed by atoms with E-state index in [1.54, 1.807) is 13.8 Å². The van der Waals surface area contributed by atoms with Crippen LogP contribution in [0.5, 0.6) is 0 Å². The van der Waals surface area contributed by atoms with Gasteiger partial charge >= 0.3 is 0 Å². The van der Waals surface area contributed by atoms with Crippen LogP contribution in [0.15, 0.2) is 110 Å². The van der Waals surface area contributed by atoms with Crippen LogP contribution in [0.25, 0.3) is 0 Å². The predicted octanol–water partition coefficient (Wildman–Crippen LogP) is 5.22. The lowest BCUT2D eigenvalue weighted by Gasteiger charge is -2.14. The minimum Gasteiger partial charge on any atom is -0.337 e. The average molecular weight is 718 g/mol. The third-order valence-corrected chi connectivity index (χ3v) is 10.9. The molecule has 4 aromatic carbocycles. The van der Waals surface area contributed by atoms with E-state index in [0.29, 0.717) is 11.3 Å². The number of rotatable bonds is 11. The standard InChI is InChI=1S/C30H25F2N5O8S3/c1-18-19(2)34-45-30(18)37-48(43,44)28-13-7-23(8-14-28)33-29(38)20-15-24(35-46(39,40)26-9-3-21(31)4-10-26)17-25(16-20)36-47(41,42)27-11-5-22(32)6-12-27/h3-17,35-37H,1-2H3,(H,33,38). The van der Waals surface area contributed by atoms with Crippen molar-refractivity contribution in [2.75, 3.05) is 19.5 Å². The van der Waals surface area contributed by atoms with E-state index in [0.717, 1.165) is 66.7 Å². The molecule has 48 heavy (non-hydrogen) atoms. The molecule has 0 saturated carbocycles. The summed E-state index contributed by atoms with van der Waals surface area (Å²) in [7, 11) is -12.7. The third-order valence-electron chi connectivity index (χ3n) is 6.75. The monoisotopic (exact) mass is 717 g/mol. The zero-order valence-corrected chi connectivity index (χ0v) is 27.3. The summed E-state index contributed by atoms with van der Waals surface area (Å²) in [5.41, 5.74) is 0.439. The number of carbonyl (C=O) groups is 1. The van der Waals surface area contributed by atoms with Gasteiger partial charge in [0.15, 0.2) is 0 Å². The van der Waals surface area contributed by atoms with Gasteiger partial charge in [-0.05, 0) is 105 Å². The van der Waals surface area contributed by atoms with E-state index in [4.69, 9.17) is 4.52 Å². The highest BCUT2D eigenvalue weighted by atomic mass is 32.2. The summed E-state index contributed by atoms with van der Waals surface area (Å²) in [4.78, 5) is 12.5. The molecule has 0 bridgehead atoms. The molecule has 0 aliphatic heterocycles. The molecule has 0 unspecified atom stereocenters. The van der Waals surface area contributed by atoms with Crippen molar-refractivity contribution in [1.29, 1.82) is 0 Å². The van der Waals surface area contributed by atoms with Crippen molar-refractivity contribution in [1.82, 2.24) is 5.16 Å². The first kappa shape index (κ1) is 34.0. The Bertz CT molecular complexity index is 2240. The molecule has 0 fully saturated rings. The zero-order chi connectivity index (χ0) is 34.9. The van der Waals surface area contributed by atoms with Gasteiger partial charge in [-0.1, -0.05) is 5.16 Å². The van der Waals surface area contributed by atoms with Crippen molar-refractivity contribution >= 4 is 58.9 Å². The highest BCUT2D eigenvalue weighted by Gasteiger charge is 2.22. The fourth-order valence-electron chi connectivity index (χ4n) is 4.14. The smallest absolute Gasteiger partial charge is 0.264 e. The predicted molar refractivity (Wildman–Crippen MR) is 172 cm³/mol. The van der Waals surface area contributed by atoms with Gasteiger partial charge in [-0.3, -0.25) is 14.2 Å². The number of hydrogen-bond acceptors (Lipinski definition) is 9. The van der Waals surface area contributed by atoms with Crippen molar-refractivity contribution in [2.45, 2.75) is 28.5 Å². The fourth-order valence-corrected chi connectivity index (χ4v) is 7.27. The van der Waals surface area contributed by atoms with Crippen LogP contribution in [0.3, 0.4) is 0 Å². The zero-order valence-electron chi connectivity index (χ0n) is 24.9. The SMILES string of the molecule is Cc1noc(NS(=O)(=O)c2ccc(NC(=O)c3cc(NS(=O)(=O)c4ccc(F)cc4)cc(NS(=O)(=O)c4ccc(F)cc4)c3)cc2)c1C. The maximum atomic E-state index is 13.4. The molecule has 18 heteroatoms. The molecule has 0 aliphatic rings. The molecule has 5 aromatic rings. The van der Waals surface area contributed by atoms with Gasteiger partial charge in [0.25, 0.3) is 36.0 Å². The van der Waals surface area contributed by atoms with Crippen molar-refractivity contribution in [3.8, 4) is 0 Å². The Morgan fingerprint density at radius 1 is 0.604 bits per heavy atom. The topological polar surface area (TPSA) is 194 Å². The fraction of sp³-hybridized carbons (Fsp3) is 0.0667. The van der Waals surface area contributed by atoms with Crippen LogP contribution in [0.1, 0.15) is 21.6 Å². The van der Waals surface area contributed by atoms with Gasteiger partial charge < -0.3 is 9.84 Å². The molecule has 1 aromatic heterocycles. The minimum atomic E-state index is -4.33. The van der Waals surface area contributed by atoms with Gasteiger partial charge in [-0.15, -0.1) is 0 Å². The first-order valence-corrected chi connectivity index (χ1v) is 18.1. The van der Waals surface area contributed by atoms with Gasteiger partial charge in [0, 0.05) is 16.8 Å². The molecule has 1 heterocycles.